The van der Waals surface area contributed by atoms with Gasteiger partial charge in [0.05, 0.1) is 0 Å². The predicted molar refractivity (Wildman–Crippen MR) is 194 cm³/mol. The standard InChI is InChI=1S/C44H34S/c1-3-8-35-27(6-1)18-22-39-38(35)21-19-29-12-13-33(26-42(29)39)31-14-15-32-25-34(17-16-30(32)24-31)37-10-5-11-40-41-23-20-28-7-2-4-9-36(28)43(41)45-44(37)40/h1-4,6-9,11-13,16-24,32,42H,5,10,14-15,25-26H2. The molecule has 0 amide bonds. The van der Waals surface area contributed by atoms with E-state index in [2.05, 4.69) is 121 Å². The van der Waals surface area contributed by atoms with Crippen molar-refractivity contribution in [3.63, 3.8) is 0 Å². The number of hydrogen-bond donors (Lipinski definition) is 0. The van der Waals surface area contributed by atoms with E-state index in [9.17, 15) is 0 Å². The molecular formula is C44H34S. The third kappa shape index (κ3) is 4.03. The van der Waals surface area contributed by atoms with Crippen molar-refractivity contribution >= 4 is 60.7 Å². The number of benzene rings is 4. The Labute approximate surface area is 268 Å². The van der Waals surface area contributed by atoms with Crippen LogP contribution in [0.1, 0.15) is 55.6 Å². The molecule has 5 aliphatic carbocycles. The summed E-state index contributed by atoms with van der Waals surface area (Å²) in [6.07, 6.45) is 26.5. The Kier molecular flexibility index (Phi) is 5.75. The van der Waals surface area contributed by atoms with Gasteiger partial charge in [-0.25, -0.2) is 0 Å². The first-order valence-corrected chi connectivity index (χ1v) is 17.5. The van der Waals surface area contributed by atoms with Crippen LogP contribution in [0.15, 0.2) is 137 Å². The zero-order chi connectivity index (χ0) is 29.5. The van der Waals surface area contributed by atoms with Crippen molar-refractivity contribution in [3.8, 4) is 0 Å². The van der Waals surface area contributed by atoms with Gasteiger partial charge < -0.3 is 0 Å². The highest BCUT2D eigenvalue weighted by Gasteiger charge is 2.30. The highest BCUT2D eigenvalue weighted by atomic mass is 32.1. The zero-order valence-corrected chi connectivity index (χ0v) is 26.2. The van der Waals surface area contributed by atoms with Crippen LogP contribution in [0.2, 0.25) is 0 Å². The molecule has 5 aliphatic rings. The number of thiophene rings is 1. The third-order valence-corrected chi connectivity index (χ3v) is 12.4. The Hall–Kier alpha value is -4.46. The van der Waals surface area contributed by atoms with E-state index >= 15 is 0 Å². The van der Waals surface area contributed by atoms with Crippen LogP contribution in [0.3, 0.4) is 0 Å². The number of fused-ring (bicyclic) bond motifs is 11. The second kappa shape index (κ2) is 10.0. The lowest BCUT2D eigenvalue weighted by atomic mass is 9.71. The molecule has 0 fully saturated rings. The summed E-state index contributed by atoms with van der Waals surface area (Å²) in [5.74, 6) is 1.08. The van der Waals surface area contributed by atoms with Crippen molar-refractivity contribution in [3.05, 3.63) is 158 Å². The van der Waals surface area contributed by atoms with Gasteiger partial charge in [0, 0.05) is 20.5 Å². The minimum absolute atomic E-state index is 0.451. The lowest BCUT2D eigenvalue weighted by molar-refractivity contribution is 0.544. The molecule has 1 aromatic heterocycles. The largest absolute Gasteiger partial charge is 0.134 e. The molecule has 1 heterocycles. The van der Waals surface area contributed by atoms with Gasteiger partial charge in [0.1, 0.15) is 0 Å². The van der Waals surface area contributed by atoms with E-state index in [-0.39, 0.29) is 0 Å². The third-order valence-electron chi connectivity index (χ3n) is 11.1. The van der Waals surface area contributed by atoms with E-state index in [1.165, 1.54) is 88.5 Å². The molecule has 5 aromatic rings. The number of allylic oxidation sites excluding steroid dienone is 11. The Morgan fingerprint density at radius 1 is 0.622 bits per heavy atom. The Balaban J connectivity index is 0.995. The molecular weight excluding hydrogens is 561 g/mol. The van der Waals surface area contributed by atoms with E-state index in [4.69, 9.17) is 0 Å². The van der Waals surface area contributed by atoms with E-state index in [1.807, 2.05) is 11.3 Å². The fourth-order valence-corrected chi connectivity index (χ4v) is 10.2. The van der Waals surface area contributed by atoms with Gasteiger partial charge in [0.15, 0.2) is 0 Å². The normalized spacial score (nSPS) is 22.0. The van der Waals surface area contributed by atoms with E-state index in [1.54, 1.807) is 16.7 Å². The van der Waals surface area contributed by atoms with Gasteiger partial charge in [-0.2, -0.15) is 0 Å². The highest BCUT2D eigenvalue weighted by Crippen LogP contribution is 2.47. The van der Waals surface area contributed by atoms with Gasteiger partial charge in [0.25, 0.3) is 0 Å². The molecule has 0 saturated carbocycles. The first-order valence-electron chi connectivity index (χ1n) is 16.6. The second-order valence-electron chi connectivity index (χ2n) is 13.4. The molecule has 10 rings (SSSR count). The molecule has 2 unspecified atom stereocenters. The van der Waals surface area contributed by atoms with E-state index < -0.39 is 0 Å². The van der Waals surface area contributed by atoms with Crippen molar-refractivity contribution in [1.82, 2.24) is 0 Å². The van der Waals surface area contributed by atoms with Gasteiger partial charge in [-0.1, -0.05) is 121 Å². The molecule has 0 N–H and O–H groups in total. The van der Waals surface area contributed by atoms with Crippen LogP contribution in [0.5, 0.6) is 0 Å². The molecule has 1 heteroatoms. The molecule has 0 spiro atoms. The van der Waals surface area contributed by atoms with Crippen LogP contribution >= 0.6 is 11.3 Å². The molecule has 4 aromatic carbocycles. The predicted octanol–water partition coefficient (Wildman–Crippen LogP) is 10.6. The van der Waals surface area contributed by atoms with Crippen LogP contribution in [0.25, 0.3) is 49.4 Å². The van der Waals surface area contributed by atoms with Crippen molar-refractivity contribution in [2.24, 2.45) is 5.92 Å². The van der Waals surface area contributed by atoms with Crippen molar-refractivity contribution in [2.75, 3.05) is 0 Å². The van der Waals surface area contributed by atoms with Crippen LogP contribution in [0, 0.1) is 5.92 Å². The smallest absolute Gasteiger partial charge is 0.0433 e. The molecule has 0 radical (unpaired) electrons. The van der Waals surface area contributed by atoms with Crippen molar-refractivity contribution in [2.45, 2.75) is 44.4 Å². The quantitative estimate of drug-likeness (QED) is 0.191. The Morgan fingerprint density at radius 3 is 2.36 bits per heavy atom. The van der Waals surface area contributed by atoms with Gasteiger partial charge in [-0.3, -0.25) is 0 Å². The van der Waals surface area contributed by atoms with Crippen LogP contribution < -0.4 is 9.75 Å². The highest BCUT2D eigenvalue weighted by molar-refractivity contribution is 7.18. The van der Waals surface area contributed by atoms with Gasteiger partial charge in [-0.15, -0.1) is 11.3 Å². The van der Waals surface area contributed by atoms with Crippen molar-refractivity contribution in [1.29, 1.82) is 0 Å². The molecule has 0 saturated heterocycles. The minimum atomic E-state index is 0.451. The molecule has 0 aliphatic heterocycles. The minimum Gasteiger partial charge on any atom is -0.134 e. The molecule has 216 valence electrons. The van der Waals surface area contributed by atoms with Gasteiger partial charge >= 0.3 is 0 Å². The summed E-state index contributed by atoms with van der Waals surface area (Å²) < 4.78 is 2.97. The molecule has 2 atom stereocenters. The summed E-state index contributed by atoms with van der Waals surface area (Å²) in [5, 5.41) is 8.36. The van der Waals surface area contributed by atoms with E-state index in [0.29, 0.717) is 11.8 Å². The van der Waals surface area contributed by atoms with Gasteiger partial charge in [0.2, 0.25) is 0 Å². The first-order chi connectivity index (χ1) is 22.3. The monoisotopic (exact) mass is 594 g/mol. The van der Waals surface area contributed by atoms with E-state index in [0.717, 1.165) is 19.3 Å². The molecule has 45 heavy (non-hydrogen) atoms. The van der Waals surface area contributed by atoms with Gasteiger partial charge in [-0.05, 0) is 116 Å². The number of hydrogen-bond acceptors (Lipinski definition) is 1. The fraction of sp³-hybridized carbons (Fsp3) is 0.182. The Bertz CT molecular complexity index is 2430. The van der Waals surface area contributed by atoms with Crippen molar-refractivity contribution < 1.29 is 0 Å². The summed E-state index contributed by atoms with van der Waals surface area (Å²) in [4.78, 5) is 0. The lowest BCUT2D eigenvalue weighted by Gasteiger charge is -2.33. The SMILES string of the molecule is C1=Cc2c(ccc3ccccc23)C2CC(C3=CC4=CC=C(C5=c6sc7c(ccc8ccccc87)c6=CCC5)CC4CC3)=CC=C12. The maximum atomic E-state index is 2.56. The second-order valence-corrected chi connectivity index (χ2v) is 14.5. The fourth-order valence-electron chi connectivity index (χ4n) is 8.75. The molecule has 0 nitrogen and oxygen atoms in total. The topological polar surface area (TPSA) is 0 Å². The average Bonchev–Trinajstić information content (AvgIpc) is 3.50. The zero-order valence-electron chi connectivity index (χ0n) is 25.4. The summed E-state index contributed by atoms with van der Waals surface area (Å²) in [5.41, 5.74) is 12.2. The maximum absolute atomic E-state index is 2.56. The lowest BCUT2D eigenvalue weighted by Crippen LogP contribution is -2.26. The summed E-state index contributed by atoms with van der Waals surface area (Å²) in [6.45, 7) is 0. The summed E-state index contributed by atoms with van der Waals surface area (Å²) in [6, 6.07) is 27.1. The van der Waals surface area contributed by atoms with Crippen LogP contribution in [-0.2, 0) is 0 Å². The average molecular weight is 595 g/mol. The maximum Gasteiger partial charge on any atom is 0.0433 e. The summed E-state index contributed by atoms with van der Waals surface area (Å²) in [7, 11) is 0. The Morgan fingerprint density at radius 2 is 1.42 bits per heavy atom. The first kappa shape index (κ1) is 25.8. The van der Waals surface area contributed by atoms with Crippen LogP contribution in [-0.4, -0.2) is 0 Å². The van der Waals surface area contributed by atoms with Crippen LogP contribution in [0.4, 0.5) is 0 Å². The summed E-state index contributed by atoms with van der Waals surface area (Å²) >= 11 is 2.02. The molecule has 0 bridgehead atoms. The number of rotatable bonds is 2.